The van der Waals surface area contributed by atoms with Crippen LogP contribution in [-0.2, 0) is 13.6 Å². The summed E-state index contributed by atoms with van der Waals surface area (Å²) >= 11 is 5.87. The Morgan fingerprint density at radius 1 is 1.00 bits per heavy atom. The average Bonchev–Trinajstić information content (AvgIpc) is 3.09. The van der Waals surface area contributed by atoms with Gasteiger partial charge in [-0.2, -0.15) is 0 Å². The van der Waals surface area contributed by atoms with Gasteiger partial charge >= 0.3 is 0 Å². The molecule has 0 radical (unpaired) electrons. The molecule has 2 aromatic carbocycles. The molecule has 0 aliphatic carbocycles. The highest BCUT2D eigenvalue weighted by molar-refractivity contribution is 6.30. The summed E-state index contributed by atoms with van der Waals surface area (Å²) in [6.45, 7) is 0.569. The highest BCUT2D eigenvalue weighted by Gasteiger charge is 2.10. The largest absolute Gasteiger partial charge is 0.328 e. The zero-order valence-corrected chi connectivity index (χ0v) is 15.3. The van der Waals surface area contributed by atoms with Crippen molar-refractivity contribution in [2.24, 2.45) is 7.05 Å². The normalized spacial score (nSPS) is 11.0. The maximum Gasteiger partial charge on any atom is 0.262 e. The maximum absolute atomic E-state index is 12.5. The van der Waals surface area contributed by atoms with E-state index >= 15 is 0 Å². The van der Waals surface area contributed by atoms with E-state index in [-0.39, 0.29) is 11.3 Å². The van der Waals surface area contributed by atoms with Crippen molar-refractivity contribution in [3.63, 3.8) is 0 Å². The third kappa shape index (κ3) is 3.29. The summed E-state index contributed by atoms with van der Waals surface area (Å²) in [5.74, 6) is -0.0465. The predicted octanol–water partition coefficient (Wildman–Crippen LogP) is 3.67. The van der Waals surface area contributed by atoms with Gasteiger partial charge in [-0.1, -0.05) is 35.9 Å². The minimum Gasteiger partial charge on any atom is -0.328 e. The predicted molar refractivity (Wildman–Crippen MR) is 105 cm³/mol. The van der Waals surface area contributed by atoms with Crippen LogP contribution in [0.4, 0.5) is 0 Å². The second-order valence-corrected chi connectivity index (χ2v) is 6.81. The van der Waals surface area contributed by atoms with Crippen LogP contribution in [0.1, 0.15) is 21.5 Å². The topological polar surface area (TPSA) is 56.9 Å². The molecule has 4 rings (SSSR count). The van der Waals surface area contributed by atoms with E-state index in [4.69, 9.17) is 11.6 Å². The first kappa shape index (κ1) is 17.2. The molecule has 2 aromatic heterocycles. The highest BCUT2D eigenvalue weighted by Crippen LogP contribution is 2.16. The summed E-state index contributed by atoms with van der Waals surface area (Å²) in [7, 11) is 1.68. The molecule has 4 aromatic rings. The summed E-state index contributed by atoms with van der Waals surface area (Å²) in [4.78, 5) is 29.0. The van der Waals surface area contributed by atoms with Crippen molar-refractivity contribution in [1.82, 2.24) is 14.1 Å². The average molecular weight is 378 g/mol. The van der Waals surface area contributed by atoms with E-state index in [1.807, 2.05) is 35.0 Å². The molecule has 2 heterocycles. The van der Waals surface area contributed by atoms with Gasteiger partial charge in [0.2, 0.25) is 0 Å². The van der Waals surface area contributed by atoms with Crippen molar-refractivity contribution in [3.8, 4) is 0 Å². The van der Waals surface area contributed by atoms with Crippen molar-refractivity contribution in [1.29, 1.82) is 0 Å². The first-order valence-electron chi connectivity index (χ1n) is 8.42. The molecule has 0 N–H and O–H groups in total. The van der Waals surface area contributed by atoms with Crippen LogP contribution >= 0.6 is 11.6 Å². The number of aryl methyl sites for hydroxylation is 1. The van der Waals surface area contributed by atoms with Gasteiger partial charge in [-0.15, -0.1) is 0 Å². The van der Waals surface area contributed by atoms with Gasteiger partial charge in [0.25, 0.3) is 5.56 Å². The summed E-state index contributed by atoms with van der Waals surface area (Å²) in [5.41, 5.74) is 2.82. The van der Waals surface area contributed by atoms with E-state index in [1.54, 1.807) is 37.4 Å². The Hall–Kier alpha value is -3.18. The lowest BCUT2D eigenvalue weighted by Gasteiger charge is -2.07. The van der Waals surface area contributed by atoms with Crippen molar-refractivity contribution >= 4 is 28.4 Å². The van der Waals surface area contributed by atoms with Crippen molar-refractivity contribution in [2.75, 3.05) is 0 Å². The summed E-state index contributed by atoms with van der Waals surface area (Å²) in [5, 5.41) is 1.19. The van der Waals surface area contributed by atoms with Crippen LogP contribution < -0.4 is 5.56 Å². The Morgan fingerprint density at radius 2 is 1.63 bits per heavy atom. The van der Waals surface area contributed by atoms with E-state index in [2.05, 4.69) is 4.98 Å². The molecule has 0 spiro atoms. The number of ketones is 1. The molecule has 0 aliphatic rings. The van der Waals surface area contributed by atoms with Gasteiger partial charge < -0.3 is 9.13 Å². The van der Waals surface area contributed by atoms with Crippen LogP contribution in [0.15, 0.2) is 71.9 Å². The van der Waals surface area contributed by atoms with E-state index in [9.17, 15) is 9.59 Å². The molecule has 134 valence electrons. The van der Waals surface area contributed by atoms with Gasteiger partial charge in [0.1, 0.15) is 5.65 Å². The number of nitrogens with zero attached hydrogens (tertiary/aromatic N) is 3. The molecule has 27 heavy (non-hydrogen) atoms. The number of carbonyl (C=O) groups excluding carboxylic acids is 1. The minimum atomic E-state index is -0.0670. The molecular formula is C21H16ClN3O2. The second-order valence-electron chi connectivity index (χ2n) is 6.37. The Kier molecular flexibility index (Phi) is 4.38. The quantitative estimate of drug-likeness (QED) is 0.510. The van der Waals surface area contributed by atoms with Crippen LogP contribution in [-0.4, -0.2) is 19.9 Å². The van der Waals surface area contributed by atoms with E-state index in [1.165, 1.54) is 10.9 Å². The number of halogens is 1. The Bertz CT molecular complexity index is 1190. The molecule has 0 bridgehead atoms. The fraction of sp³-hybridized carbons (Fsp3) is 0.0952. The number of aromatic nitrogens is 3. The first-order valence-corrected chi connectivity index (χ1v) is 8.80. The van der Waals surface area contributed by atoms with E-state index in [0.29, 0.717) is 33.7 Å². The number of hydrogen-bond acceptors (Lipinski definition) is 3. The SMILES string of the molecule is Cn1cnc2c(ccn2Cc2ccc(C(=O)c3ccc(Cl)cc3)cc2)c1=O. The number of benzene rings is 2. The summed E-state index contributed by atoms with van der Waals surface area (Å²) < 4.78 is 3.39. The Labute approximate surface area is 160 Å². The molecule has 0 aliphatic heterocycles. The zero-order valence-electron chi connectivity index (χ0n) is 14.6. The Balaban J connectivity index is 1.58. The van der Waals surface area contributed by atoms with Crippen LogP contribution in [0.3, 0.4) is 0 Å². The van der Waals surface area contributed by atoms with Crippen LogP contribution in [0.2, 0.25) is 5.02 Å². The first-order chi connectivity index (χ1) is 13.0. The zero-order chi connectivity index (χ0) is 19.0. The smallest absolute Gasteiger partial charge is 0.262 e. The van der Waals surface area contributed by atoms with Crippen LogP contribution in [0.5, 0.6) is 0 Å². The van der Waals surface area contributed by atoms with Gasteiger partial charge in [-0.05, 0) is 35.9 Å². The van der Waals surface area contributed by atoms with Crippen molar-refractivity contribution in [3.05, 3.63) is 99.2 Å². The second kappa shape index (κ2) is 6.85. The van der Waals surface area contributed by atoms with Gasteiger partial charge in [0.05, 0.1) is 11.7 Å². The van der Waals surface area contributed by atoms with Gasteiger partial charge in [-0.3, -0.25) is 9.59 Å². The molecule has 0 unspecified atom stereocenters. The highest BCUT2D eigenvalue weighted by atomic mass is 35.5. The van der Waals surface area contributed by atoms with Gasteiger partial charge in [0.15, 0.2) is 5.78 Å². The molecule has 0 atom stereocenters. The molecule has 0 fully saturated rings. The van der Waals surface area contributed by atoms with Gasteiger partial charge in [-0.25, -0.2) is 4.98 Å². The standard InChI is InChI=1S/C21H16ClN3O2/c1-24-13-23-20-18(21(24)27)10-11-25(20)12-14-2-4-15(5-3-14)19(26)16-6-8-17(22)9-7-16/h2-11,13H,12H2,1H3. The maximum atomic E-state index is 12.5. The van der Waals surface area contributed by atoms with Crippen molar-refractivity contribution in [2.45, 2.75) is 6.54 Å². The van der Waals surface area contributed by atoms with E-state index in [0.717, 1.165) is 5.56 Å². The molecule has 0 saturated heterocycles. The summed E-state index contributed by atoms with van der Waals surface area (Å²) in [6.07, 6.45) is 3.38. The number of hydrogen-bond donors (Lipinski definition) is 0. The number of carbonyl (C=O) groups is 1. The lowest BCUT2D eigenvalue weighted by Crippen LogP contribution is -2.16. The van der Waals surface area contributed by atoms with Crippen LogP contribution in [0.25, 0.3) is 11.0 Å². The fourth-order valence-corrected chi connectivity index (χ4v) is 3.14. The molecule has 0 amide bonds. The summed E-state index contributed by atoms with van der Waals surface area (Å²) in [6, 6.07) is 16.1. The minimum absolute atomic E-state index is 0.0465. The third-order valence-electron chi connectivity index (χ3n) is 4.51. The third-order valence-corrected chi connectivity index (χ3v) is 4.77. The van der Waals surface area contributed by atoms with Crippen LogP contribution in [0, 0.1) is 0 Å². The monoisotopic (exact) mass is 377 g/mol. The molecule has 5 nitrogen and oxygen atoms in total. The molecule has 0 saturated carbocycles. The molecular weight excluding hydrogens is 362 g/mol. The van der Waals surface area contributed by atoms with E-state index < -0.39 is 0 Å². The fourth-order valence-electron chi connectivity index (χ4n) is 3.01. The van der Waals surface area contributed by atoms with Gasteiger partial charge in [0, 0.05) is 35.9 Å². The Morgan fingerprint density at radius 3 is 2.30 bits per heavy atom. The number of rotatable bonds is 4. The van der Waals surface area contributed by atoms with Crippen molar-refractivity contribution < 1.29 is 4.79 Å². The lowest BCUT2D eigenvalue weighted by atomic mass is 10.0. The number of fused-ring (bicyclic) bond motifs is 1. The molecule has 6 heteroatoms. The lowest BCUT2D eigenvalue weighted by molar-refractivity contribution is 0.103.